The van der Waals surface area contributed by atoms with Crippen molar-refractivity contribution in [3.8, 4) is 5.75 Å². The van der Waals surface area contributed by atoms with Crippen LogP contribution in [0.1, 0.15) is 18.7 Å². The molecule has 0 aliphatic carbocycles. The molecule has 1 amide bonds. The molecule has 1 aromatic heterocycles. The molecule has 0 aliphatic heterocycles. The number of furan rings is 1. The quantitative estimate of drug-likeness (QED) is 0.605. The molecule has 0 saturated carbocycles. The standard InChI is InChI=1S/C15H16N2O5/c1-11(14-4-3-9-21-14)16(2)15(18)10-22-13-7-5-12(6-8-13)17(19)20/h3-9,11H,10H2,1-2H3. The van der Waals surface area contributed by atoms with Gasteiger partial charge in [0, 0.05) is 19.2 Å². The van der Waals surface area contributed by atoms with Gasteiger partial charge in [-0.05, 0) is 31.2 Å². The molecule has 0 radical (unpaired) electrons. The number of likely N-dealkylation sites (N-methyl/N-ethyl adjacent to an activating group) is 1. The first kappa shape index (κ1) is 15.6. The third-order valence-corrected chi connectivity index (χ3v) is 3.34. The topological polar surface area (TPSA) is 85.8 Å². The molecule has 0 N–H and O–H groups in total. The Morgan fingerprint density at radius 1 is 1.36 bits per heavy atom. The number of hydrogen-bond donors (Lipinski definition) is 0. The van der Waals surface area contributed by atoms with Crippen LogP contribution in [0.3, 0.4) is 0 Å². The third-order valence-electron chi connectivity index (χ3n) is 3.34. The molecule has 2 rings (SSSR count). The highest BCUT2D eigenvalue weighted by atomic mass is 16.6. The van der Waals surface area contributed by atoms with Gasteiger partial charge in [-0.2, -0.15) is 0 Å². The molecule has 0 fully saturated rings. The maximum Gasteiger partial charge on any atom is 0.269 e. The predicted octanol–water partition coefficient (Wildman–Crippen LogP) is 2.79. The largest absolute Gasteiger partial charge is 0.484 e. The predicted molar refractivity (Wildman–Crippen MR) is 78.5 cm³/mol. The Morgan fingerprint density at radius 3 is 2.59 bits per heavy atom. The van der Waals surface area contributed by atoms with Crippen molar-refractivity contribution in [3.63, 3.8) is 0 Å². The molecule has 7 nitrogen and oxygen atoms in total. The molecular formula is C15H16N2O5. The number of carbonyl (C=O) groups is 1. The first-order valence-corrected chi connectivity index (χ1v) is 6.65. The lowest BCUT2D eigenvalue weighted by Gasteiger charge is -2.23. The van der Waals surface area contributed by atoms with Crippen LogP contribution in [-0.2, 0) is 4.79 Å². The molecule has 0 aliphatic rings. The summed E-state index contributed by atoms with van der Waals surface area (Å²) in [4.78, 5) is 23.7. The summed E-state index contributed by atoms with van der Waals surface area (Å²) in [6.45, 7) is 1.70. The number of ether oxygens (including phenoxy) is 1. The van der Waals surface area contributed by atoms with Crippen LogP contribution in [0, 0.1) is 10.1 Å². The molecule has 1 aromatic carbocycles. The van der Waals surface area contributed by atoms with Crippen LogP contribution in [0.2, 0.25) is 0 Å². The van der Waals surface area contributed by atoms with Crippen molar-refractivity contribution in [1.82, 2.24) is 4.90 Å². The van der Waals surface area contributed by atoms with Gasteiger partial charge in [-0.15, -0.1) is 0 Å². The number of hydrogen-bond acceptors (Lipinski definition) is 5. The number of nitrogens with zero attached hydrogens (tertiary/aromatic N) is 2. The van der Waals surface area contributed by atoms with E-state index in [9.17, 15) is 14.9 Å². The summed E-state index contributed by atoms with van der Waals surface area (Å²) in [6.07, 6.45) is 1.55. The second-order valence-electron chi connectivity index (χ2n) is 4.74. The Hall–Kier alpha value is -2.83. The van der Waals surface area contributed by atoms with Gasteiger partial charge in [0.2, 0.25) is 0 Å². The van der Waals surface area contributed by atoms with E-state index in [1.165, 1.54) is 29.2 Å². The molecule has 7 heteroatoms. The van der Waals surface area contributed by atoms with E-state index in [0.29, 0.717) is 11.5 Å². The fourth-order valence-electron chi connectivity index (χ4n) is 1.85. The zero-order chi connectivity index (χ0) is 16.1. The molecule has 0 spiro atoms. The van der Waals surface area contributed by atoms with Crippen LogP contribution >= 0.6 is 0 Å². The zero-order valence-electron chi connectivity index (χ0n) is 12.3. The van der Waals surface area contributed by atoms with Gasteiger partial charge < -0.3 is 14.1 Å². The highest BCUT2D eigenvalue weighted by Crippen LogP contribution is 2.20. The lowest BCUT2D eigenvalue weighted by atomic mass is 10.2. The van der Waals surface area contributed by atoms with E-state index in [1.807, 2.05) is 6.92 Å². The van der Waals surface area contributed by atoms with Crippen LogP contribution in [0.15, 0.2) is 47.1 Å². The maximum atomic E-state index is 12.1. The Kier molecular flexibility index (Phi) is 4.77. The minimum Gasteiger partial charge on any atom is -0.484 e. The number of nitro benzene ring substituents is 1. The molecule has 0 bridgehead atoms. The summed E-state index contributed by atoms with van der Waals surface area (Å²) in [5, 5.41) is 10.6. The molecule has 2 aromatic rings. The van der Waals surface area contributed by atoms with Crippen molar-refractivity contribution in [1.29, 1.82) is 0 Å². The monoisotopic (exact) mass is 304 g/mol. The number of rotatable bonds is 6. The van der Waals surface area contributed by atoms with E-state index in [0.717, 1.165) is 0 Å². The minimum atomic E-state index is -0.492. The average molecular weight is 304 g/mol. The Balaban J connectivity index is 1.90. The smallest absolute Gasteiger partial charge is 0.269 e. The van der Waals surface area contributed by atoms with Gasteiger partial charge in [0.15, 0.2) is 6.61 Å². The first-order valence-electron chi connectivity index (χ1n) is 6.65. The van der Waals surface area contributed by atoms with E-state index in [-0.39, 0.29) is 24.2 Å². The van der Waals surface area contributed by atoms with Crippen molar-refractivity contribution in [3.05, 3.63) is 58.5 Å². The van der Waals surface area contributed by atoms with Gasteiger partial charge >= 0.3 is 0 Å². The van der Waals surface area contributed by atoms with Gasteiger partial charge in [0.25, 0.3) is 11.6 Å². The highest BCUT2D eigenvalue weighted by molar-refractivity contribution is 5.77. The SMILES string of the molecule is CC(c1ccco1)N(C)C(=O)COc1ccc([N+](=O)[O-])cc1. The van der Waals surface area contributed by atoms with Gasteiger partial charge in [0.1, 0.15) is 11.5 Å². The van der Waals surface area contributed by atoms with Crippen molar-refractivity contribution in [2.24, 2.45) is 0 Å². The van der Waals surface area contributed by atoms with Gasteiger partial charge in [-0.25, -0.2) is 0 Å². The number of nitro groups is 1. The van der Waals surface area contributed by atoms with Crippen molar-refractivity contribution in [2.75, 3.05) is 13.7 Å². The molecule has 22 heavy (non-hydrogen) atoms. The Bertz CT molecular complexity index is 636. The Morgan fingerprint density at radius 2 is 2.05 bits per heavy atom. The van der Waals surface area contributed by atoms with E-state index in [1.54, 1.807) is 25.4 Å². The molecule has 1 heterocycles. The zero-order valence-corrected chi connectivity index (χ0v) is 12.3. The highest BCUT2D eigenvalue weighted by Gasteiger charge is 2.19. The molecule has 0 saturated heterocycles. The lowest BCUT2D eigenvalue weighted by molar-refractivity contribution is -0.384. The van der Waals surface area contributed by atoms with Gasteiger partial charge in [0.05, 0.1) is 17.2 Å². The van der Waals surface area contributed by atoms with E-state index in [2.05, 4.69) is 0 Å². The van der Waals surface area contributed by atoms with E-state index >= 15 is 0 Å². The summed E-state index contributed by atoms with van der Waals surface area (Å²) in [5.41, 5.74) is -0.0257. The summed E-state index contributed by atoms with van der Waals surface area (Å²) in [7, 11) is 1.66. The third kappa shape index (κ3) is 3.63. The van der Waals surface area contributed by atoms with Crippen LogP contribution in [0.25, 0.3) is 0 Å². The summed E-state index contributed by atoms with van der Waals surface area (Å²) >= 11 is 0. The second kappa shape index (κ2) is 6.75. The molecule has 116 valence electrons. The van der Waals surface area contributed by atoms with Gasteiger partial charge in [-0.3, -0.25) is 14.9 Å². The number of benzene rings is 1. The average Bonchev–Trinajstić information content (AvgIpc) is 3.05. The van der Waals surface area contributed by atoms with Crippen molar-refractivity contribution >= 4 is 11.6 Å². The summed E-state index contributed by atoms with van der Waals surface area (Å²) in [5.74, 6) is 0.867. The fourth-order valence-corrected chi connectivity index (χ4v) is 1.85. The fraction of sp³-hybridized carbons (Fsp3) is 0.267. The lowest BCUT2D eigenvalue weighted by Crippen LogP contribution is -2.33. The first-order chi connectivity index (χ1) is 10.5. The Labute approximate surface area is 127 Å². The second-order valence-corrected chi connectivity index (χ2v) is 4.74. The summed E-state index contributed by atoms with van der Waals surface area (Å²) in [6, 6.07) is 8.93. The van der Waals surface area contributed by atoms with Crippen LogP contribution in [0.4, 0.5) is 5.69 Å². The van der Waals surface area contributed by atoms with Crippen LogP contribution in [0.5, 0.6) is 5.75 Å². The molecular weight excluding hydrogens is 288 g/mol. The number of amides is 1. The van der Waals surface area contributed by atoms with Gasteiger partial charge in [-0.1, -0.05) is 0 Å². The number of non-ortho nitro benzene ring substituents is 1. The minimum absolute atomic E-state index is 0.0257. The van der Waals surface area contributed by atoms with E-state index < -0.39 is 4.92 Å². The van der Waals surface area contributed by atoms with Crippen molar-refractivity contribution < 1.29 is 18.9 Å². The normalized spacial score (nSPS) is 11.7. The van der Waals surface area contributed by atoms with Crippen molar-refractivity contribution in [2.45, 2.75) is 13.0 Å². The summed E-state index contributed by atoms with van der Waals surface area (Å²) < 4.78 is 10.6. The number of carbonyl (C=O) groups excluding carboxylic acids is 1. The van der Waals surface area contributed by atoms with E-state index in [4.69, 9.17) is 9.15 Å². The molecule has 1 unspecified atom stereocenters. The molecule has 1 atom stereocenters. The maximum absolute atomic E-state index is 12.1. The van der Waals surface area contributed by atoms with Crippen LogP contribution < -0.4 is 4.74 Å². The van der Waals surface area contributed by atoms with Crippen LogP contribution in [-0.4, -0.2) is 29.4 Å².